The third-order valence-electron chi connectivity index (χ3n) is 1.31. The first-order valence-corrected chi connectivity index (χ1v) is 4.28. The van der Waals surface area contributed by atoms with Crippen molar-refractivity contribution in [2.24, 2.45) is 0 Å². The average molecular weight is 171 g/mol. The summed E-state index contributed by atoms with van der Waals surface area (Å²) in [6.45, 7) is 4.80. The van der Waals surface area contributed by atoms with Crippen LogP contribution in [0.4, 0.5) is 0 Å². The Hall–Kier alpha value is -0.590. The first-order chi connectivity index (χ1) is 5.57. The lowest BCUT2D eigenvalue weighted by Gasteiger charge is -2.20. The number of nitriles is 1. The summed E-state index contributed by atoms with van der Waals surface area (Å²) in [7, 11) is 7.76. The number of rotatable bonds is 3. The van der Waals surface area contributed by atoms with E-state index in [1.165, 1.54) is 0 Å². The molecule has 72 valence electrons. The molecule has 0 saturated heterocycles. The summed E-state index contributed by atoms with van der Waals surface area (Å²) in [5.74, 6) is 0. The molecule has 0 heterocycles. The Morgan fingerprint density at radius 1 is 1.17 bits per heavy atom. The van der Waals surface area contributed by atoms with Crippen molar-refractivity contribution in [2.45, 2.75) is 19.9 Å². The minimum absolute atomic E-state index is 0.00926. The van der Waals surface area contributed by atoms with Gasteiger partial charge in [0.15, 0.2) is 0 Å². The van der Waals surface area contributed by atoms with E-state index in [1.54, 1.807) is 0 Å². The molecule has 0 bridgehead atoms. The molecule has 0 radical (unpaired) electrons. The highest BCUT2D eigenvalue weighted by molar-refractivity contribution is 4.90. The second-order valence-electron chi connectivity index (χ2n) is 2.87. The molecule has 0 aliphatic rings. The van der Waals surface area contributed by atoms with Gasteiger partial charge in [0.2, 0.25) is 0 Å². The third kappa shape index (κ3) is 7.52. The minimum atomic E-state index is 0.00926. The lowest BCUT2D eigenvalue weighted by atomic mass is 10.3. The summed E-state index contributed by atoms with van der Waals surface area (Å²) in [6.07, 6.45) is 0. The van der Waals surface area contributed by atoms with Gasteiger partial charge in [0, 0.05) is 6.54 Å². The van der Waals surface area contributed by atoms with Crippen LogP contribution < -0.4 is 0 Å². The van der Waals surface area contributed by atoms with Gasteiger partial charge in [0.25, 0.3) is 0 Å². The van der Waals surface area contributed by atoms with E-state index in [9.17, 15) is 0 Å². The van der Waals surface area contributed by atoms with Crippen molar-refractivity contribution in [1.29, 1.82) is 5.26 Å². The third-order valence-corrected chi connectivity index (χ3v) is 1.31. The monoisotopic (exact) mass is 171 g/mol. The average Bonchev–Trinajstić information content (AvgIpc) is 2.03. The summed E-state index contributed by atoms with van der Waals surface area (Å²) >= 11 is 0. The van der Waals surface area contributed by atoms with Crippen LogP contribution in [0.15, 0.2) is 0 Å². The largest absolute Gasteiger partial charge is 0.307 e. The van der Waals surface area contributed by atoms with Gasteiger partial charge in [-0.25, -0.2) is 0 Å². The van der Waals surface area contributed by atoms with Crippen LogP contribution in [0.5, 0.6) is 0 Å². The van der Waals surface area contributed by atoms with Gasteiger partial charge < -0.3 is 4.90 Å². The normalized spacial score (nSPS) is 11.9. The molecule has 3 heteroatoms. The highest BCUT2D eigenvalue weighted by Gasteiger charge is 2.09. The summed E-state index contributed by atoms with van der Waals surface area (Å²) in [4.78, 5) is 3.92. The van der Waals surface area contributed by atoms with Gasteiger partial charge in [0.1, 0.15) is 6.04 Å². The van der Waals surface area contributed by atoms with E-state index in [2.05, 4.69) is 6.07 Å². The van der Waals surface area contributed by atoms with Crippen LogP contribution in [-0.2, 0) is 0 Å². The first kappa shape index (κ1) is 14.0. The molecule has 12 heavy (non-hydrogen) atoms. The van der Waals surface area contributed by atoms with Crippen molar-refractivity contribution in [2.75, 3.05) is 34.7 Å². The number of hydrogen-bond acceptors (Lipinski definition) is 3. The van der Waals surface area contributed by atoms with Gasteiger partial charge in [-0.05, 0) is 28.2 Å². The molecule has 0 aromatic heterocycles. The van der Waals surface area contributed by atoms with Gasteiger partial charge in [0.05, 0.1) is 6.07 Å². The summed E-state index contributed by atoms with van der Waals surface area (Å²) in [6, 6.07) is 2.23. The smallest absolute Gasteiger partial charge is 0.110 e. The molecule has 0 rings (SSSR count). The quantitative estimate of drug-likeness (QED) is 0.635. The van der Waals surface area contributed by atoms with Gasteiger partial charge in [-0.1, -0.05) is 13.8 Å². The van der Waals surface area contributed by atoms with Crippen LogP contribution in [0.2, 0.25) is 0 Å². The molecule has 0 aliphatic heterocycles. The molecule has 0 fully saturated rings. The van der Waals surface area contributed by atoms with E-state index >= 15 is 0 Å². The van der Waals surface area contributed by atoms with E-state index in [0.29, 0.717) is 0 Å². The maximum Gasteiger partial charge on any atom is 0.110 e. The van der Waals surface area contributed by atoms with Crippen LogP contribution in [0, 0.1) is 11.3 Å². The van der Waals surface area contributed by atoms with Crippen LogP contribution in [0.25, 0.3) is 0 Å². The highest BCUT2D eigenvalue weighted by atomic mass is 15.2. The Kier molecular flexibility index (Phi) is 9.90. The number of nitrogens with zero attached hydrogens (tertiary/aromatic N) is 3. The standard InChI is InChI=1S/C7H15N3.C2H6/c1-9(2)6-7(5-8)10(3)4;1-2/h7H,6H2,1-4H3;1-2H3. The molecule has 1 unspecified atom stereocenters. The molecule has 0 aromatic carbocycles. The molecule has 3 nitrogen and oxygen atoms in total. The molecular formula is C9H21N3. The Morgan fingerprint density at radius 2 is 1.58 bits per heavy atom. The number of likely N-dealkylation sites (N-methyl/N-ethyl adjacent to an activating group) is 2. The summed E-state index contributed by atoms with van der Waals surface area (Å²) in [5.41, 5.74) is 0. The molecule has 0 saturated carbocycles. The zero-order valence-electron chi connectivity index (χ0n) is 9.13. The van der Waals surface area contributed by atoms with E-state index < -0.39 is 0 Å². The van der Waals surface area contributed by atoms with Crippen molar-refractivity contribution < 1.29 is 0 Å². The SMILES string of the molecule is CC.CN(C)CC(C#N)N(C)C. The Bertz CT molecular complexity index is 124. The van der Waals surface area contributed by atoms with Gasteiger partial charge in [-0.15, -0.1) is 0 Å². The fourth-order valence-electron chi connectivity index (χ4n) is 0.665. The Morgan fingerprint density at radius 3 is 1.67 bits per heavy atom. The zero-order chi connectivity index (χ0) is 10.1. The fourth-order valence-corrected chi connectivity index (χ4v) is 0.665. The predicted molar refractivity (Wildman–Crippen MR) is 53.0 cm³/mol. The highest BCUT2D eigenvalue weighted by Crippen LogP contribution is 1.91. The second kappa shape index (κ2) is 8.51. The van der Waals surface area contributed by atoms with Crippen molar-refractivity contribution in [1.82, 2.24) is 9.80 Å². The van der Waals surface area contributed by atoms with Crippen molar-refractivity contribution in [3.8, 4) is 6.07 Å². The zero-order valence-corrected chi connectivity index (χ0v) is 9.13. The molecule has 0 amide bonds. The van der Waals surface area contributed by atoms with Crippen molar-refractivity contribution >= 4 is 0 Å². The Balaban J connectivity index is 0. The van der Waals surface area contributed by atoms with Gasteiger partial charge >= 0.3 is 0 Å². The van der Waals surface area contributed by atoms with E-state index in [4.69, 9.17) is 5.26 Å². The summed E-state index contributed by atoms with van der Waals surface area (Å²) < 4.78 is 0. The lowest BCUT2D eigenvalue weighted by molar-refractivity contribution is 0.272. The van der Waals surface area contributed by atoms with Crippen molar-refractivity contribution in [3.05, 3.63) is 0 Å². The fraction of sp³-hybridized carbons (Fsp3) is 0.889. The van der Waals surface area contributed by atoms with E-state index in [0.717, 1.165) is 6.54 Å². The molecule has 0 spiro atoms. The number of hydrogen-bond donors (Lipinski definition) is 0. The second-order valence-corrected chi connectivity index (χ2v) is 2.87. The van der Waals surface area contributed by atoms with Gasteiger partial charge in [-0.2, -0.15) is 5.26 Å². The topological polar surface area (TPSA) is 30.3 Å². The van der Waals surface area contributed by atoms with E-state index in [1.807, 2.05) is 51.8 Å². The van der Waals surface area contributed by atoms with Crippen LogP contribution in [0.3, 0.4) is 0 Å². The van der Waals surface area contributed by atoms with Crippen molar-refractivity contribution in [3.63, 3.8) is 0 Å². The minimum Gasteiger partial charge on any atom is -0.307 e. The molecule has 1 atom stereocenters. The first-order valence-electron chi connectivity index (χ1n) is 4.28. The molecule has 0 aromatic rings. The summed E-state index contributed by atoms with van der Waals surface area (Å²) in [5, 5.41) is 8.63. The maximum absolute atomic E-state index is 8.63. The van der Waals surface area contributed by atoms with Crippen LogP contribution in [-0.4, -0.2) is 50.6 Å². The van der Waals surface area contributed by atoms with Crippen LogP contribution in [0.1, 0.15) is 13.8 Å². The predicted octanol–water partition coefficient (Wildman–Crippen LogP) is 1.03. The molecule has 0 aliphatic carbocycles. The lowest BCUT2D eigenvalue weighted by Crippen LogP contribution is -2.36. The Labute approximate surface area is 76.6 Å². The maximum atomic E-state index is 8.63. The van der Waals surface area contributed by atoms with E-state index in [-0.39, 0.29) is 6.04 Å². The van der Waals surface area contributed by atoms with Gasteiger partial charge in [-0.3, -0.25) is 4.90 Å². The molecular weight excluding hydrogens is 150 g/mol. The van der Waals surface area contributed by atoms with Crippen LogP contribution >= 0.6 is 0 Å². The molecule has 0 N–H and O–H groups in total.